The Morgan fingerprint density at radius 2 is 1.85 bits per heavy atom. The number of ether oxygens (including phenoxy) is 1. The van der Waals surface area contributed by atoms with Gasteiger partial charge in [-0.3, -0.25) is 14.5 Å². The van der Waals surface area contributed by atoms with Gasteiger partial charge >= 0.3 is 0 Å². The van der Waals surface area contributed by atoms with Crippen molar-refractivity contribution in [2.75, 3.05) is 11.5 Å². The number of benzene rings is 3. The summed E-state index contributed by atoms with van der Waals surface area (Å²) in [7, 11) is 0. The monoisotopic (exact) mass is 452 g/mol. The molecule has 0 N–H and O–H groups in total. The summed E-state index contributed by atoms with van der Waals surface area (Å²) in [5, 5.41) is 6.20. The minimum atomic E-state index is -0.737. The Morgan fingerprint density at radius 3 is 2.65 bits per heavy atom. The third-order valence-electron chi connectivity index (χ3n) is 6.11. The molecule has 0 fully saturated rings. The molecule has 0 bridgehead atoms. The Kier molecular flexibility index (Phi) is 4.52. The van der Waals surface area contributed by atoms with Gasteiger partial charge in [0.25, 0.3) is 5.91 Å². The number of rotatable bonds is 4. The lowest BCUT2D eigenvalue weighted by Gasteiger charge is -2.22. The van der Waals surface area contributed by atoms with Gasteiger partial charge in [0.15, 0.2) is 11.2 Å². The average molecular weight is 452 g/mol. The zero-order valence-electron chi connectivity index (χ0n) is 18.6. The van der Waals surface area contributed by atoms with Gasteiger partial charge in [0.05, 0.1) is 23.6 Å². The van der Waals surface area contributed by atoms with Gasteiger partial charge in [0.1, 0.15) is 17.1 Å². The smallest absolute Gasteiger partial charge is 0.296 e. The van der Waals surface area contributed by atoms with Crippen LogP contribution in [0.1, 0.15) is 40.4 Å². The Bertz CT molecular complexity index is 1650. The van der Waals surface area contributed by atoms with Crippen LogP contribution in [0.4, 0.5) is 5.82 Å². The van der Waals surface area contributed by atoms with Crippen LogP contribution in [-0.2, 0) is 0 Å². The fraction of sp³-hybridized carbons (Fsp3) is 0.148. The summed E-state index contributed by atoms with van der Waals surface area (Å²) in [6, 6.07) is 19.6. The van der Waals surface area contributed by atoms with E-state index in [0.29, 0.717) is 40.5 Å². The normalized spacial score (nSPS) is 15.3. The Morgan fingerprint density at radius 1 is 1.00 bits per heavy atom. The molecule has 7 heteroatoms. The molecule has 0 spiro atoms. The van der Waals surface area contributed by atoms with Crippen LogP contribution in [0.25, 0.3) is 21.7 Å². The van der Waals surface area contributed by atoms with E-state index in [-0.39, 0.29) is 16.8 Å². The van der Waals surface area contributed by atoms with Gasteiger partial charge in [-0.1, -0.05) is 47.6 Å². The highest BCUT2D eigenvalue weighted by molar-refractivity contribution is 6.12. The minimum Gasteiger partial charge on any atom is -0.494 e. The number of nitrogens with zero attached hydrogens (tertiary/aromatic N) is 2. The van der Waals surface area contributed by atoms with E-state index in [1.807, 2.05) is 61.5 Å². The van der Waals surface area contributed by atoms with E-state index in [1.54, 1.807) is 19.1 Å². The number of hydrogen-bond acceptors (Lipinski definition) is 6. The number of carbonyl (C=O) groups is 1. The fourth-order valence-electron chi connectivity index (χ4n) is 4.66. The molecule has 0 aliphatic carbocycles. The predicted octanol–water partition coefficient (Wildman–Crippen LogP) is 5.39. The van der Waals surface area contributed by atoms with Gasteiger partial charge in [-0.05, 0) is 43.0 Å². The van der Waals surface area contributed by atoms with Crippen molar-refractivity contribution in [1.29, 1.82) is 0 Å². The molecule has 0 unspecified atom stereocenters. The summed E-state index contributed by atoms with van der Waals surface area (Å²) in [5.41, 5.74) is 1.15. The van der Waals surface area contributed by atoms with Crippen LogP contribution in [0.3, 0.4) is 0 Å². The molecule has 2 aromatic heterocycles. The van der Waals surface area contributed by atoms with Crippen LogP contribution in [0, 0.1) is 6.92 Å². The van der Waals surface area contributed by atoms with Crippen LogP contribution in [0.15, 0.2) is 80.5 Å². The van der Waals surface area contributed by atoms with Crippen LogP contribution < -0.4 is 15.1 Å². The third kappa shape index (κ3) is 2.94. The van der Waals surface area contributed by atoms with E-state index in [0.717, 1.165) is 10.8 Å². The number of amides is 1. The van der Waals surface area contributed by atoms with Crippen molar-refractivity contribution in [3.05, 3.63) is 99.6 Å². The van der Waals surface area contributed by atoms with Gasteiger partial charge in [-0.2, -0.15) is 0 Å². The number of hydrogen-bond donors (Lipinski definition) is 0. The summed E-state index contributed by atoms with van der Waals surface area (Å²) in [6.45, 7) is 4.14. The number of anilines is 1. The maximum absolute atomic E-state index is 13.9. The Labute approximate surface area is 194 Å². The molecule has 0 radical (unpaired) electrons. The lowest BCUT2D eigenvalue weighted by molar-refractivity contribution is 0.0969. The van der Waals surface area contributed by atoms with Gasteiger partial charge in [0.2, 0.25) is 5.76 Å². The number of aryl methyl sites for hydroxylation is 1. The van der Waals surface area contributed by atoms with E-state index in [1.165, 1.54) is 4.90 Å². The zero-order valence-corrected chi connectivity index (χ0v) is 18.6. The van der Waals surface area contributed by atoms with Gasteiger partial charge in [-0.25, -0.2) is 0 Å². The molecule has 34 heavy (non-hydrogen) atoms. The van der Waals surface area contributed by atoms with E-state index in [4.69, 9.17) is 13.7 Å². The largest absolute Gasteiger partial charge is 0.494 e. The predicted molar refractivity (Wildman–Crippen MR) is 127 cm³/mol. The van der Waals surface area contributed by atoms with Crippen LogP contribution >= 0.6 is 0 Å². The molecule has 168 valence electrons. The van der Waals surface area contributed by atoms with Crippen LogP contribution in [-0.4, -0.2) is 17.7 Å². The molecule has 1 aliphatic heterocycles. The van der Waals surface area contributed by atoms with Crippen molar-refractivity contribution < 1.29 is 18.5 Å². The second-order valence-electron chi connectivity index (χ2n) is 8.22. The van der Waals surface area contributed by atoms with E-state index in [9.17, 15) is 9.59 Å². The lowest BCUT2D eigenvalue weighted by atomic mass is 9.97. The summed E-state index contributed by atoms with van der Waals surface area (Å²) in [4.78, 5) is 29.0. The van der Waals surface area contributed by atoms with Gasteiger partial charge in [-0.15, -0.1) is 0 Å². The molecular weight excluding hydrogens is 432 g/mol. The van der Waals surface area contributed by atoms with Crippen molar-refractivity contribution in [2.24, 2.45) is 0 Å². The van der Waals surface area contributed by atoms with Gasteiger partial charge < -0.3 is 13.7 Å². The summed E-state index contributed by atoms with van der Waals surface area (Å²) >= 11 is 0. The van der Waals surface area contributed by atoms with Crippen LogP contribution in [0.2, 0.25) is 0 Å². The maximum Gasteiger partial charge on any atom is 0.296 e. The van der Waals surface area contributed by atoms with E-state index < -0.39 is 11.9 Å². The first-order valence-electron chi connectivity index (χ1n) is 11.0. The Hall–Kier alpha value is -4.39. The summed E-state index contributed by atoms with van der Waals surface area (Å²) in [6.07, 6.45) is 0. The topological polar surface area (TPSA) is 85.8 Å². The molecule has 3 aromatic carbocycles. The molecule has 1 amide bonds. The SMILES string of the molecule is CCOc1cccc([C@H]2c3c(oc4c(ccc5ccccc54)c3=O)C(=O)N2c2cc(C)on2)c1. The highest BCUT2D eigenvalue weighted by atomic mass is 16.5. The quantitative estimate of drug-likeness (QED) is 0.340. The number of fused-ring (bicyclic) bond motifs is 4. The minimum absolute atomic E-state index is 0.0151. The lowest BCUT2D eigenvalue weighted by Crippen LogP contribution is -2.29. The second kappa shape index (κ2) is 7.59. The molecule has 0 saturated heterocycles. The highest BCUT2D eigenvalue weighted by Crippen LogP contribution is 2.42. The summed E-state index contributed by atoms with van der Waals surface area (Å²) < 4.78 is 17.2. The highest BCUT2D eigenvalue weighted by Gasteiger charge is 2.45. The molecule has 1 atom stereocenters. The Balaban J connectivity index is 1.66. The molecule has 1 aliphatic rings. The first-order chi connectivity index (χ1) is 16.6. The molecule has 7 nitrogen and oxygen atoms in total. The van der Waals surface area contributed by atoms with Gasteiger partial charge in [0, 0.05) is 11.5 Å². The molecule has 3 heterocycles. The zero-order chi connectivity index (χ0) is 23.4. The average Bonchev–Trinajstić information content (AvgIpc) is 3.40. The first-order valence-corrected chi connectivity index (χ1v) is 11.0. The molecule has 5 aromatic rings. The van der Waals surface area contributed by atoms with E-state index in [2.05, 4.69) is 5.16 Å². The maximum atomic E-state index is 13.9. The third-order valence-corrected chi connectivity index (χ3v) is 6.11. The van der Waals surface area contributed by atoms with E-state index >= 15 is 0 Å². The molecular formula is C27H20N2O5. The van der Waals surface area contributed by atoms with Crippen molar-refractivity contribution >= 4 is 33.5 Å². The number of aromatic nitrogens is 1. The molecule has 0 saturated carbocycles. The number of carbonyl (C=O) groups excluding carboxylic acids is 1. The molecule has 6 rings (SSSR count). The van der Waals surface area contributed by atoms with Crippen molar-refractivity contribution in [1.82, 2.24) is 5.16 Å². The van der Waals surface area contributed by atoms with Crippen molar-refractivity contribution in [3.8, 4) is 5.75 Å². The second-order valence-corrected chi connectivity index (χ2v) is 8.22. The standard InChI is InChI=1S/C27H20N2O5/c1-3-32-18-9-6-8-17(14-18)23-22-24(30)20-12-11-16-7-4-5-10-19(16)25(20)33-26(22)27(31)29(23)21-13-15(2)34-28-21/h4-14,23H,3H2,1-2H3/t23-/m0/s1. The van der Waals surface area contributed by atoms with Crippen LogP contribution in [0.5, 0.6) is 5.75 Å². The fourth-order valence-corrected chi connectivity index (χ4v) is 4.66. The summed E-state index contributed by atoms with van der Waals surface area (Å²) in [5.74, 6) is 1.08. The van der Waals surface area contributed by atoms with Crippen molar-refractivity contribution in [3.63, 3.8) is 0 Å². The van der Waals surface area contributed by atoms with Crippen molar-refractivity contribution in [2.45, 2.75) is 19.9 Å². The first kappa shape index (κ1) is 20.2.